The minimum Gasteiger partial charge on any atom is -0.497 e. The van der Waals surface area contributed by atoms with Gasteiger partial charge < -0.3 is 28.3 Å². The van der Waals surface area contributed by atoms with Crippen molar-refractivity contribution >= 4 is 17.7 Å². The maximum absolute atomic E-state index is 13.1. The average molecular weight is 486 g/mol. The number of ether oxygens (including phenoxy) is 4. The first-order valence-electron chi connectivity index (χ1n) is 10.8. The first-order valence-corrected chi connectivity index (χ1v) is 11.8. The highest BCUT2D eigenvalue weighted by Gasteiger charge is 2.32. The Morgan fingerprint density at radius 2 is 1.74 bits per heavy atom. The molecule has 0 spiro atoms. The first kappa shape index (κ1) is 23.7. The monoisotopic (exact) mass is 485 g/mol. The van der Waals surface area contributed by atoms with Crippen molar-refractivity contribution in [1.82, 2.24) is 15.1 Å². The molecule has 0 N–H and O–H groups in total. The number of hydrogen-bond donors (Lipinski definition) is 0. The molecule has 1 fully saturated rings. The summed E-state index contributed by atoms with van der Waals surface area (Å²) < 4.78 is 27.3. The van der Waals surface area contributed by atoms with E-state index in [0.29, 0.717) is 34.7 Å². The van der Waals surface area contributed by atoms with Crippen molar-refractivity contribution in [2.24, 2.45) is 0 Å². The van der Waals surface area contributed by atoms with Crippen LogP contribution in [0.3, 0.4) is 0 Å². The molecule has 0 aliphatic carbocycles. The maximum atomic E-state index is 13.1. The number of hydrogen-bond acceptors (Lipinski definition) is 9. The van der Waals surface area contributed by atoms with Gasteiger partial charge in [0.2, 0.25) is 5.91 Å². The molecule has 3 aromatic rings. The summed E-state index contributed by atoms with van der Waals surface area (Å²) in [5, 5.41) is 8.52. The van der Waals surface area contributed by atoms with Gasteiger partial charge in [-0.25, -0.2) is 0 Å². The van der Waals surface area contributed by atoms with Crippen LogP contribution in [-0.4, -0.2) is 61.7 Å². The zero-order chi connectivity index (χ0) is 24.1. The molecule has 1 aromatic heterocycles. The highest BCUT2D eigenvalue weighted by molar-refractivity contribution is 7.99. The standard InChI is InChI=1S/C24H27N3O6S/c1-29-15-8-10-20(31-3)18(12-15)19-6-5-11-27(19)22(28)14-34-24-26-25-23(33-24)17-9-7-16(30-2)13-21(17)32-4/h7-10,12-13,19H,5-6,11,14H2,1-4H3/t19-/m1/s1. The van der Waals surface area contributed by atoms with Crippen LogP contribution in [0.15, 0.2) is 46.0 Å². The van der Waals surface area contributed by atoms with Crippen molar-refractivity contribution in [3.05, 3.63) is 42.0 Å². The second-order valence-corrected chi connectivity index (χ2v) is 8.51. The van der Waals surface area contributed by atoms with E-state index in [1.54, 1.807) is 46.6 Å². The Hall–Kier alpha value is -3.40. The molecule has 34 heavy (non-hydrogen) atoms. The van der Waals surface area contributed by atoms with E-state index in [4.69, 9.17) is 23.4 Å². The van der Waals surface area contributed by atoms with Crippen LogP contribution in [0, 0.1) is 0 Å². The lowest BCUT2D eigenvalue weighted by molar-refractivity contribution is -0.129. The van der Waals surface area contributed by atoms with E-state index in [-0.39, 0.29) is 17.7 Å². The summed E-state index contributed by atoms with van der Waals surface area (Å²) in [4.78, 5) is 15.0. The van der Waals surface area contributed by atoms with Gasteiger partial charge in [0.05, 0.1) is 45.8 Å². The van der Waals surface area contributed by atoms with Gasteiger partial charge in [-0.2, -0.15) is 0 Å². The molecule has 2 aromatic carbocycles. The van der Waals surface area contributed by atoms with Crippen molar-refractivity contribution in [3.8, 4) is 34.5 Å². The molecule has 1 saturated heterocycles. The number of carbonyl (C=O) groups excluding carboxylic acids is 1. The number of carbonyl (C=O) groups is 1. The summed E-state index contributed by atoms with van der Waals surface area (Å²) in [6.45, 7) is 0.683. The second kappa shape index (κ2) is 10.7. The van der Waals surface area contributed by atoms with Gasteiger partial charge in [0.25, 0.3) is 11.1 Å². The molecular formula is C24H27N3O6S. The van der Waals surface area contributed by atoms with Gasteiger partial charge in [-0.3, -0.25) is 4.79 Å². The van der Waals surface area contributed by atoms with Gasteiger partial charge in [0.1, 0.15) is 23.0 Å². The molecule has 4 rings (SSSR count). The van der Waals surface area contributed by atoms with E-state index in [1.165, 1.54) is 11.8 Å². The van der Waals surface area contributed by atoms with Gasteiger partial charge in [-0.05, 0) is 43.2 Å². The Balaban J connectivity index is 1.45. The molecule has 0 radical (unpaired) electrons. The van der Waals surface area contributed by atoms with Crippen molar-refractivity contribution in [2.75, 3.05) is 40.7 Å². The lowest BCUT2D eigenvalue weighted by atomic mass is 10.0. The van der Waals surface area contributed by atoms with E-state index >= 15 is 0 Å². The molecule has 1 aliphatic rings. The third-order valence-electron chi connectivity index (χ3n) is 5.73. The lowest BCUT2D eigenvalue weighted by Gasteiger charge is -2.26. The predicted molar refractivity (Wildman–Crippen MR) is 127 cm³/mol. The Morgan fingerprint density at radius 1 is 1.00 bits per heavy atom. The normalized spacial score (nSPS) is 15.3. The van der Waals surface area contributed by atoms with Crippen LogP contribution < -0.4 is 18.9 Å². The molecular weight excluding hydrogens is 458 g/mol. The summed E-state index contributed by atoms with van der Waals surface area (Å²) in [5.41, 5.74) is 1.60. The first-order chi connectivity index (χ1) is 16.6. The molecule has 180 valence electrons. The number of methoxy groups -OCH3 is 4. The fourth-order valence-electron chi connectivity index (χ4n) is 4.05. The summed E-state index contributed by atoms with van der Waals surface area (Å²) in [7, 11) is 6.40. The topological polar surface area (TPSA) is 96.2 Å². The number of rotatable bonds is 9. The maximum Gasteiger partial charge on any atom is 0.277 e. The molecule has 0 bridgehead atoms. The van der Waals surface area contributed by atoms with Crippen molar-refractivity contribution in [1.29, 1.82) is 0 Å². The van der Waals surface area contributed by atoms with Crippen LogP contribution in [-0.2, 0) is 4.79 Å². The van der Waals surface area contributed by atoms with Crippen LogP contribution in [0.2, 0.25) is 0 Å². The molecule has 2 heterocycles. The second-order valence-electron chi connectivity index (χ2n) is 7.58. The van der Waals surface area contributed by atoms with Gasteiger partial charge in [0.15, 0.2) is 0 Å². The summed E-state index contributed by atoms with van der Waals surface area (Å²) in [6, 6.07) is 10.9. The van der Waals surface area contributed by atoms with Crippen LogP contribution in [0.5, 0.6) is 23.0 Å². The van der Waals surface area contributed by atoms with Crippen LogP contribution in [0.4, 0.5) is 0 Å². The van der Waals surface area contributed by atoms with Crippen molar-refractivity contribution < 1.29 is 28.2 Å². The zero-order valence-corrected chi connectivity index (χ0v) is 20.4. The average Bonchev–Trinajstić information content (AvgIpc) is 3.56. The Kier molecular flexibility index (Phi) is 7.46. The van der Waals surface area contributed by atoms with Crippen molar-refractivity contribution in [3.63, 3.8) is 0 Å². The van der Waals surface area contributed by atoms with Gasteiger partial charge >= 0.3 is 0 Å². The van der Waals surface area contributed by atoms with E-state index in [0.717, 1.165) is 29.9 Å². The summed E-state index contributed by atoms with van der Waals surface area (Å²) in [5.74, 6) is 3.19. The zero-order valence-electron chi connectivity index (χ0n) is 19.6. The predicted octanol–water partition coefficient (Wildman–Crippen LogP) is 4.23. The van der Waals surface area contributed by atoms with Gasteiger partial charge in [-0.15, -0.1) is 10.2 Å². The number of aromatic nitrogens is 2. The molecule has 1 atom stereocenters. The molecule has 9 nitrogen and oxygen atoms in total. The SMILES string of the molecule is COc1ccc(-c2nnc(SCC(=O)N3CCC[C@@H]3c3cc(OC)ccc3OC)o2)c(OC)c1. The third kappa shape index (κ3) is 4.91. The fraction of sp³-hybridized carbons (Fsp3) is 0.375. The minimum absolute atomic E-state index is 0.000786. The molecule has 1 amide bonds. The van der Waals surface area contributed by atoms with Crippen LogP contribution >= 0.6 is 11.8 Å². The molecule has 0 saturated carbocycles. The van der Waals surface area contributed by atoms with E-state index in [2.05, 4.69) is 10.2 Å². The Morgan fingerprint density at radius 3 is 2.47 bits per heavy atom. The van der Waals surface area contributed by atoms with Crippen LogP contribution in [0.25, 0.3) is 11.5 Å². The third-order valence-corrected chi connectivity index (χ3v) is 6.54. The Labute approximate surface area is 202 Å². The minimum atomic E-state index is -0.0695. The number of nitrogens with zero attached hydrogens (tertiary/aromatic N) is 3. The van der Waals surface area contributed by atoms with E-state index in [9.17, 15) is 4.79 Å². The molecule has 1 aliphatic heterocycles. The van der Waals surface area contributed by atoms with Crippen LogP contribution in [0.1, 0.15) is 24.4 Å². The van der Waals surface area contributed by atoms with Gasteiger partial charge in [0, 0.05) is 18.2 Å². The smallest absolute Gasteiger partial charge is 0.277 e. The number of amides is 1. The molecule has 0 unspecified atom stereocenters. The number of benzene rings is 2. The molecule has 10 heteroatoms. The quantitative estimate of drug-likeness (QED) is 0.413. The highest BCUT2D eigenvalue weighted by Crippen LogP contribution is 2.39. The lowest BCUT2D eigenvalue weighted by Crippen LogP contribution is -2.32. The number of likely N-dealkylation sites (tertiary alicyclic amines) is 1. The highest BCUT2D eigenvalue weighted by atomic mass is 32.2. The summed E-state index contributed by atoms with van der Waals surface area (Å²) in [6.07, 6.45) is 1.78. The van der Waals surface area contributed by atoms with Gasteiger partial charge in [-0.1, -0.05) is 11.8 Å². The Bertz CT molecular complexity index is 1150. The number of thioether (sulfide) groups is 1. The largest absolute Gasteiger partial charge is 0.497 e. The van der Waals surface area contributed by atoms with E-state index in [1.807, 2.05) is 23.1 Å². The fourth-order valence-corrected chi connectivity index (χ4v) is 4.70. The van der Waals surface area contributed by atoms with E-state index < -0.39 is 0 Å². The van der Waals surface area contributed by atoms with Crippen molar-refractivity contribution in [2.45, 2.75) is 24.1 Å². The summed E-state index contributed by atoms with van der Waals surface area (Å²) >= 11 is 1.21.